The third-order valence-corrected chi connectivity index (χ3v) is 3.82. The Morgan fingerprint density at radius 2 is 1.85 bits per heavy atom. The number of aryl methyl sites for hydroxylation is 1. The van der Waals surface area contributed by atoms with E-state index in [2.05, 4.69) is 29.7 Å². The zero-order chi connectivity index (χ0) is 14.5. The third kappa shape index (κ3) is 3.85. The van der Waals surface area contributed by atoms with Crippen LogP contribution in [0.3, 0.4) is 0 Å². The molecule has 0 spiro atoms. The minimum absolute atomic E-state index is 0.459. The number of anilines is 2. The van der Waals surface area contributed by atoms with Gasteiger partial charge in [0.1, 0.15) is 0 Å². The summed E-state index contributed by atoms with van der Waals surface area (Å²) in [5.41, 5.74) is 2.88. The lowest BCUT2D eigenvalue weighted by Gasteiger charge is -2.12. The Morgan fingerprint density at radius 1 is 1.10 bits per heavy atom. The highest BCUT2D eigenvalue weighted by atomic mass is 35.5. The number of rotatable bonds is 3. The van der Waals surface area contributed by atoms with Gasteiger partial charge in [0, 0.05) is 5.69 Å². The van der Waals surface area contributed by atoms with Crippen molar-refractivity contribution < 1.29 is 0 Å². The van der Waals surface area contributed by atoms with Gasteiger partial charge in [0.05, 0.1) is 15.7 Å². The van der Waals surface area contributed by atoms with Crippen LogP contribution in [0.4, 0.5) is 11.4 Å². The molecule has 0 saturated carbocycles. The average Bonchev–Trinajstić information content (AvgIpc) is 2.44. The van der Waals surface area contributed by atoms with E-state index in [9.17, 15) is 0 Å². The standard InChI is InChI=1S/C15H14Cl2N2S/c1-2-10-5-3-6-11(9-10)18-15(20)19-13-8-4-7-12(16)14(13)17/h3-9H,2H2,1H3,(H2,18,19,20). The number of nitrogens with one attached hydrogen (secondary N) is 2. The zero-order valence-electron chi connectivity index (χ0n) is 10.9. The van der Waals surface area contributed by atoms with E-state index < -0.39 is 0 Å². The van der Waals surface area contributed by atoms with Crippen LogP contribution in [-0.2, 0) is 6.42 Å². The zero-order valence-corrected chi connectivity index (χ0v) is 13.2. The molecule has 2 nitrogen and oxygen atoms in total. The van der Waals surface area contributed by atoms with E-state index in [1.165, 1.54) is 5.56 Å². The number of benzene rings is 2. The summed E-state index contributed by atoms with van der Waals surface area (Å²) in [6.45, 7) is 2.11. The summed E-state index contributed by atoms with van der Waals surface area (Å²) in [4.78, 5) is 0. The molecule has 0 aliphatic carbocycles. The number of hydrogen-bond acceptors (Lipinski definition) is 1. The highest BCUT2D eigenvalue weighted by Gasteiger charge is 2.06. The molecule has 20 heavy (non-hydrogen) atoms. The molecule has 0 unspecified atom stereocenters. The SMILES string of the molecule is CCc1cccc(NC(=S)Nc2cccc(Cl)c2Cl)c1. The first-order valence-corrected chi connectivity index (χ1v) is 7.37. The maximum atomic E-state index is 6.11. The Balaban J connectivity index is 2.07. The quantitative estimate of drug-likeness (QED) is 0.742. The van der Waals surface area contributed by atoms with Gasteiger partial charge in [-0.25, -0.2) is 0 Å². The Labute approximate surface area is 134 Å². The molecular weight excluding hydrogens is 311 g/mol. The number of thiocarbonyl (C=S) groups is 1. The van der Waals surface area contributed by atoms with Crippen LogP contribution >= 0.6 is 35.4 Å². The Morgan fingerprint density at radius 3 is 2.60 bits per heavy atom. The molecule has 2 rings (SSSR count). The summed E-state index contributed by atoms with van der Waals surface area (Å²) in [5.74, 6) is 0. The average molecular weight is 325 g/mol. The summed E-state index contributed by atoms with van der Waals surface area (Å²) in [7, 11) is 0. The first-order chi connectivity index (χ1) is 9.60. The van der Waals surface area contributed by atoms with Crippen LogP contribution in [0.1, 0.15) is 12.5 Å². The topological polar surface area (TPSA) is 24.1 Å². The van der Waals surface area contributed by atoms with E-state index in [4.69, 9.17) is 35.4 Å². The summed E-state index contributed by atoms with van der Waals surface area (Å²) in [5, 5.41) is 7.60. The van der Waals surface area contributed by atoms with Gasteiger partial charge in [0.15, 0.2) is 5.11 Å². The molecule has 0 aliphatic heterocycles. The molecule has 0 amide bonds. The van der Waals surface area contributed by atoms with Crippen LogP contribution in [0.15, 0.2) is 42.5 Å². The minimum Gasteiger partial charge on any atom is -0.332 e. The van der Waals surface area contributed by atoms with Gasteiger partial charge in [0.2, 0.25) is 0 Å². The normalized spacial score (nSPS) is 10.2. The molecule has 2 aromatic carbocycles. The Kier molecular flexibility index (Phi) is 5.24. The summed E-state index contributed by atoms with van der Waals surface area (Å²) in [6, 6.07) is 13.5. The highest BCUT2D eigenvalue weighted by molar-refractivity contribution is 7.80. The van der Waals surface area contributed by atoms with Crippen molar-refractivity contribution >= 4 is 51.9 Å². The van der Waals surface area contributed by atoms with Gasteiger partial charge in [-0.15, -0.1) is 0 Å². The Hall–Kier alpha value is -1.29. The molecule has 2 N–H and O–H groups in total. The lowest BCUT2D eigenvalue weighted by molar-refractivity contribution is 1.14. The molecule has 0 radical (unpaired) electrons. The predicted octanol–water partition coefficient (Wildman–Crippen LogP) is 5.36. The summed E-state index contributed by atoms with van der Waals surface area (Å²) >= 11 is 17.3. The van der Waals surface area contributed by atoms with E-state index in [1.807, 2.05) is 24.3 Å². The van der Waals surface area contributed by atoms with Crippen molar-refractivity contribution in [2.24, 2.45) is 0 Å². The number of hydrogen-bond donors (Lipinski definition) is 2. The van der Waals surface area contributed by atoms with E-state index in [0.29, 0.717) is 20.8 Å². The van der Waals surface area contributed by atoms with Gasteiger partial charge >= 0.3 is 0 Å². The molecule has 0 heterocycles. The second-order valence-corrected chi connectivity index (χ2v) is 5.43. The van der Waals surface area contributed by atoms with Crippen LogP contribution in [0.5, 0.6) is 0 Å². The summed E-state index contributed by atoms with van der Waals surface area (Å²) < 4.78 is 0. The van der Waals surface area contributed by atoms with Crippen molar-refractivity contribution in [2.75, 3.05) is 10.6 Å². The van der Waals surface area contributed by atoms with Crippen LogP contribution in [0.2, 0.25) is 10.0 Å². The molecule has 0 fully saturated rings. The van der Waals surface area contributed by atoms with E-state index in [1.54, 1.807) is 6.07 Å². The smallest absolute Gasteiger partial charge is 0.175 e. The Bertz CT molecular complexity index is 629. The largest absolute Gasteiger partial charge is 0.332 e. The van der Waals surface area contributed by atoms with Crippen LogP contribution < -0.4 is 10.6 Å². The molecule has 0 aliphatic rings. The molecule has 0 atom stereocenters. The maximum Gasteiger partial charge on any atom is 0.175 e. The summed E-state index contributed by atoms with van der Waals surface area (Å²) in [6.07, 6.45) is 0.982. The lowest BCUT2D eigenvalue weighted by Crippen LogP contribution is -2.19. The first kappa shape index (κ1) is 15.1. The van der Waals surface area contributed by atoms with Crippen molar-refractivity contribution in [3.8, 4) is 0 Å². The molecule has 5 heteroatoms. The molecule has 0 saturated heterocycles. The fourth-order valence-electron chi connectivity index (χ4n) is 1.75. The predicted molar refractivity (Wildman–Crippen MR) is 92.1 cm³/mol. The molecule has 104 valence electrons. The van der Waals surface area contributed by atoms with Crippen molar-refractivity contribution in [1.82, 2.24) is 0 Å². The first-order valence-electron chi connectivity index (χ1n) is 6.21. The number of halogens is 2. The van der Waals surface area contributed by atoms with E-state index >= 15 is 0 Å². The van der Waals surface area contributed by atoms with Crippen molar-refractivity contribution in [3.63, 3.8) is 0 Å². The third-order valence-electron chi connectivity index (χ3n) is 2.79. The second kappa shape index (κ2) is 6.93. The van der Waals surface area contributed by atoms with E-state index in [0.717, 1.165) is 12.1 Å². The fourth-order valence-corrected chi connectivity index (χ4v) is 2.33. The molecule has 0 aromatic heterocycles. The fraction of sp³-hybridized carbons (Fsp3) is 0.133. The molecule has 2 aromatic rings. The van der Waals surface area contributed by atoms with Gasteiger partial charge in [-0.05, 0) is 48.5 Å². The van der Waals surface area contributed by atoms with Gasteiger partial charge in [-0.3, -0.25) is 0 Å². The minimum atomic E-state index is 0.459. The molecular formula is C15H14Cl2N2S. The van der Waals surface area contributed by atoms with Crippen LogP contribution in [-0.4, -0.2) is 5.11 Å². The van der Waals surface area contributed by atoms with Crippen molar-refractivity contribution in [2.45, 2.75) is 13.3 Å². The van der Waals surface area contributed by atoms with Crippen molar-refractivity contribution in [1.29, 1.82) is 0 Å². The maximum absolute atomic E-state index is 6.11. The van der Waals surface area contributed by atoms with Gasteiger partial charge in [-0.1, -0.05) is 48.3 Å². The molecule has 0 bridgehead atoms. The van der Waals surface area contributed by atoms with Crippen LogP contribution in [0.25, 0.3) is 0 Å². The monoisotopic (exact) mass is 324 g/mol. The van der Waals surface area contributed by atoms with Gasteiger partial charge in [0.25, 0.3) is 0 Å². The van der Waals surface area contributed by atoms with E-state index in [-0.39, 0.29) is 0 Å². The lowest BCUT2D eigenvalue weighted by atomic mass is 10.1. The van der Waals surface area contributed by atoms with Crippen molar-refractivity contribution in [3.05, 3.63) is 58.1 Å². The van der Waals surface area contributed by atoms with Gasteiger partial charge in [-0.2, -0.15) is 0 Å². The second-order valence-electron chi connectivity index (χ2n) is 4.23. The van der Waals surface area contributed by atoms with Gasteiger partial charge < -0.3 is 10.6 Å². The van der Waals surface area contributed by atoms with Crippen LogP contribution in [0, 0.1) is 0 Å². The highest BCUT2D eigenvalue weighted by Crippen LogP contribution is 2.29.